The summed E-state index contributed by atoms with van der Waals surface area (Å²) in [6.07, 6.45) is 0.227. The number of anilines is 1. The van der Waals surface area contributed by atoms with E-state index in [4.69, 9.17) is 4.74 Å². The molecule has 1 aliphatic heterocycles. The molecule has 0 radical (unpaired) electrons. The molecule has 1 heterocycles. The summed E-state index contributed by atoms with van der Waals surface area (Å²) in [5.41, 5.74) is 1.81. The number of hydrogen-bond donors (Lipinski definition) is 1. The van der Waals surface area contributed by atoms with Gasteiger partial charge in [0.15, 0.2) is 0 Å². The van der Waals surface area contributed by atoms with Crippen molar-refractivity contribution in [1.82, 2.24) is 5.32 Å². The summed E-state index contributed by atoms with van der Waals surface area (Å²) in [5, 5.41) is 3.01. The molecule has 1 fully saturated rings. The molecular weight excluding hydrogens is 316 g/mol. The number of rotatable bonds is 5. The topological polar surface area (TPSA) is 58.6 Å². The van der Waals surface area contributed by atoms with Crippen LogP contribution in [0.3, 0.4) is 0 Å². The second-order valence-electron chi connectivity index (χ2n) is 6.25. The van der Waals surface area contributed by atoms with E-state index in [9.17, 15) is 9.59 Å². The van der Waals surface area contributed by atoms with Gasteiger partial charge in [-0.2, -0.15) is 0 Å². The van der Waals surface area contributed by atoms with E-state index in [0.717, 1.165) is 11.3 Å². The molecule has 1 aliphatic rings. The number of benzene rings is 2. The van der Waals surface area contributed by atoms with Crippen LogP contribution in [-0.2, 0) is 9.59 Å². The van der Waals surface area contributed by atoms with Crippen LogP contribution in [0.1, 0.15) is 24.9 Å². The number of ether oxygens (including phenoxy) is 1. The van der Waals surface area contributed by atoms with E-state index in [0.29, 0.717) is 12.3 Å². The highest BCUT2D eigenvalue weighted by molar-refractivity contribution is 6.00. The first-order chi connectivity index (χ1) is 12.1. The molecule has 1 saturated heterocycles. The lowest BCUT2D eigenvalue weighted by atomic mass is 10.1. The smallest absolute Gasteiger partial charge is 0.227 e. The number of carbonyl (C=O) groups excluding carboxylic acids is 2. The minimum absolute atomic E-state index is 0.0410. The van der Waals surface area contributed by atoms with Crippen molar-refractivity contribution in [3.05, 3.63) is 60.2 Å². The normalized spacial score (nSPS) is 18.1. The van der Waals surface area contributed by atoms with Crippen LogP contribution in [0.4, 0.5) is 5.69 Å². The lowest BCUT2D eigenvalue weighted by Crippen LogP contribution is -2.34. The van der Waals surface area contributed by atoms with Crippen molar-refractivity contribution in [3.8, 4) is 5.75 Å². The molecule has 0 bridgehead atoms. The lowest BCUT2D eigenvalue weighted by molar-refractivity contribution is -0.126. The second kappa shape index (κ2) is 7.38. The maximum Gasteiger partial charge on any atom is 0.227 e. The fraction of sp³-hybridized carbons (Fsp3) is 0.300. The van der Waals surface area contributed by atoms with E-state index in [1.807, 2.05) is 61.5 Å². The minimum Gasteiger partial charge on any atom is -0.497 e. The minimum atomic E-state index is -0.343. The third kappa shape index (κ3) is 3.82. The second-order valence-corrected chi connectivity index (χ2v) is 6.25. The molecule has 0 saturated carbocycles. The Bertz CT molecular complexity index is 761. The van der Waals surface area contributed by atoms with Gasteiger partial charge in [0.05, 0.1) is 19.1 Å². The number of hydrogen-bond acceptors (Lipinski definition) is 3. The van der Waals surface area contributed by atoms with Gasteiger partial charge in [-0.3, -0.25) is 9.59 Å². The standard InChI is InChI=1S/C20H22N2O3/c1-14(15-7-4-3-5-8-15)21-20(24)16-11-19(23)22(13-16)17-9-6-10-18(12-17)25-2/h3-10,12,14,16H,11,13H2,1-2H3,(H,21,24). The molecule has 5 nitrogen and oxygen atoms in total. The summed E-state index contributed by atoms with van der Waals surface area (Å²) in [5.74, 6) is 0.219. The van der Waals surface area contributed by atoms with Crippen molar-refractivity contribution in [1.29, 1.82) is 0 Å². The molecule has 2 atom stereocenters. The summed E-state index contributed by atoms with van der Waals surface area (Å²) in [6.45, 7) is 2.34. The molecule has 0 aromatic heterocycles. The molecule has 1 N–H and O–H groups in total. The Morgan fingerprint density at radius 2 is 1.96 bits per heavy atom. The molecule has 25 heavy (non-hydrogen) atoms. The van der Waals surface area contributed by atoms with Gasteiger partial charge in [-0.25, -0.2) is 0 Å². The molecule has 2 aromatic carbocycles. The Labute approximate surface area is 147 Å². The van der Waals surface area contributed by atoms with E-state index >= 15 is 0 Å². The highest BCUT2D eigenvalue weighted by Gasteiger charge is 2.35. The molecule has 3 rings (SSSR count). The third-order valence-corrected chi connectivity index (χ3v) is 4.52. The van der Waals surface area contributed by atoms with Crippen molar-refractivity contribution in [2.45, 2.75) is 19.4 Å². The molecule has 0 spiro atoms. The molecule has 0 aliphatic carbocycles. The number of amides is 2. The molecule has 2 aromatic rings. The Kier molecular flexibility index (Phi) is 5.03. The number of methoxy groups -OCH3 is 1. The van der Waals surface area contributed by atoms with E-state index in [1.54, 1.807) is 12.0 Å². The highest BCUT2D eigenvalue weighted by Crippen LogP contribution is 2.28. The average molecular weight is 338 g/mol. The van der Waals surface area contributed by atoms with Gasteiger partial charge in [0.1, 0.15) is 5.75 Å². The summed E-state index contributed by atoms with van der Waals surface area (Å²) in [6, 6.07) is 17.0. The SMILES string of the molecule is COc1cccc(N2CC(C(=O)NC(C)c3ccccc3)CC2=O)c1. The van der Waals surface area contributed by atoms with E-state index in [2.05, 4.69) is 5.32 Å². The Hall–Kier alpha value is -2.82. The van der Waals surface area contributed by atoms with Crippen LogP contribution < -0.4 is 15.0 Å². The van der Waals surface area contributed by atoms with Gasteiger partial charge < -0.3 is 15.0 Å². The molecular formula is C20H22N2O3. The summed E-state index contributed by atoms with van der Waals surface area (Å²) in [4.78, 5) is 26.6. The molecule has 2 unspecified atom stereocenters. The summed E-state index contributed by atoms with van der Waals surface area (Å²) < 4.78 is 5.21. The van der Waals surface area contributed by atoms with Crippen molar-refractivity contribution < 1.29 is 14.3 Å². The number of carbonyl (C=O) groups is 2. The Morgan fingerprint density at radius 1 is 1.20 bits per heavy atom. The van der Waals surface area contributed by atoms with Gasteiger partial charge in [-0.15, -0.1) is 0 Å². The quantitative estimate of drug-likeness (QED) is 0.912. The van der Waals surface area contributed by atoms with E-state index in [1.165, 1.54) is 0 Å². The fourth-order valence-corrected chi connectivity index (χ4v) is 3.07. The first kappa shape index (κ1) is 17.0. The monoisotopic (exact) mass is 338 g/mol. The zero-order chi connectivity index (χ0) is 17.8. The average Bonchev–Trinajstić information content (AvgIpc) is 3.04. The van der Waals surface area contributed by atoms with Crippen molar-refractivity contribution >= 4 is 17.5 Å². The summed E-state index contributed by atoms with van der Waals surface area (Å²) in [7, 11) is 1.59. The molecule has 2 amide bonds. The van der Waals surface area contributed by atoms with Gasteiger partial charge in [-0.1, -0.05) is 36.4 Å². The van der Waals surface area contributed by atoms with Crippen LogP contribution in [0.15, 0.2) is 54.6 Å². The first-order valence-corrected chi connectivity index (χ1v) is 8.38. The van der Waals surface area contributed by atoms with Crippen molar-refractivity contribution in [2.75, 3.05) is 18.6 Å². The van der Waals surface area contributed by atoms with E-state index in [-0.39, 0.29) is 30.2 Å². The van der Waals surface area contributed by atoms with Gasteiger partial charge >= 0.3 is 0 Å². The number of nitrogens with zero attached hydrogens (tertiary/aromatic N) is 1. The van der Waals surface area contributed by atoms with Crippen LogP contribution in [0.25, 0.3) is 0 Å². The first-order valence-electron chi connectivity index (χ1n) is 8.38. The zero-order valence-electron chi connectivity index (χ0n) is 14.4. The van der Waals surface area contributed by atoms with Crippen molar-refractivity contribution in [3.63, 3.8) is 0 Å². The van der Waals surface area contributed by atoms with Crippen LogP contribution in [0.5, 0.6) is 5.75 Å². The maximum absolute atomic E-state index is 12.6. The lowest BCUT2D eigenvalue weighted by Gasteiger charge is -2.19. The third-order valence-electron chi connectivity index (χ3n) is 4.52. The molecule has 5 heteroatoms. The van der Waals surface area contributed by atoms with E-state index < -0.39 is 0 Å². The Morgan fingerprint density at radius 3 is 2.68 bits per heavy atom. The van der Waals surface area contributed by atoms with Gasteiger partial charge in [-0.05, 0) is 24.6 Å². The van der Waals surface area contributed by atoms with Crippen molar-refractivity contribution in [2.24, 2.45) is 5.92 Å². The zero-order valence-corrected chi connectivity index (χ0v) is 14.4. The largest absolute Gasteiger partial charge is 0.497 e. The predicted octanol–water partition coefficient (Wildman–Crippen LogP) is 2.93. The van der Waals surface area contributed by atoms with Crippen LogP contribution >= 0.6 is 0 Å². The van der Waals surface area contributed by atoms with Gasteiger partial charge in [0.2, 0.25) is 11.8 Å². The van der Waals surface area contributed by atoms with Gasteiger partial charge in [0.25, 0.3) is 0 Å². The predicted molar refractivity (Wildman–Crippen MR) is 96.5 cm³/mol. The summed E-state index contributed by atoms with van der Waals surface area (Å²) >= 11 is 0. The van der Waals surface area contributed by atoms with Crippen LogP contribution in [0, 0.1) is 5.92 Å². The fourth-order valence-electron chi connectivity index (χ4n) is 3.07. The molecule has 130 valence electrons. The van der Waals surface area contributed by atoms with Gasteiger partial charge in [0, 0.05) is 24.7 Å². The van der Waals surface area contributed by atoms with Crippen LogP contribution in [0.2, 0.25) is 0 Å². The number of nitrogens with one attached hydrogen (secondary N) is 1. The van der Waals surface area contributed by atoms with Crippen LogP contribution in [-0.4, -0.2) is 25.5 Å². The highest BCUT2D eigenvalue weighted by atomic mass is 16.5. The Balaban J connectivity index is 1.66. The maximum atomic E-state index is 12.6.